The summed E-state index contributed by atoms with van der Waals surface area (Å²) >= 11 is 5.53. The Hall–Kier alpha value is -1.62. The molecule has 88 valence electrons. The van der Waals surface area contributed by atoms with Crippen LogP contribution >= 0.6 is 11.6 Å². The summed E-state index contributed by atoms with van der Waals surface area (Å²) in [5, 5.41) is 0.137. The molecule has 0 saturated carbocycles. The Labute approximate surface area is 100 Å². The van der Waals surface area contributed by atoms with Crippen LogP contribution in [-0.4, -0.2) is 9.97 Å². The molecule has 2 nitrogen and oxygen atoms in total. The third-order valence-corrected chi connectivity index (χ3v) is 2.32. The minimum Gasteiger partial charge on any atom is -0.251 e. The van der Waals surface area contributed by atoms with Gasteiger partial charge in [-0.2, -0.15) is 13.2 Å². The number of nitrogens with zero attached hydrogens (tertiary/aromatic N) is 2. The standard InChI is InChI=1S/C11H6ClF3N2/c12-10-6-16-9(5-17-10)7-3-1-2-4-8(7)11(13,14)15/h1-6H. The molecule has 0 fully saturated rings. The fraction of sp³-hybridized carbons (Fsp3) is 0.0909. The van der Waals surface area contributed by atoms with Crippen LogP contribution in [0.15, 0.2) is 36.7 Å². The van der Waals surface area contributed by atoms with E-state index in [0.29, 0.717) is 0 Å². The van der Waals surface area contributed by atoms with Gasteiger partial charge in [-0.3, -0.25) is 4.98 Å². The van der Waals surface area contributed by atoms with Crippen molar-refractivity contribution in [2.45, 2.75) is 6.18 Å². The van der Waals surface area contributed by atoms with E-state index in [-0.39, 0.29) is 16.4 Å². The minimum atomic E-state index is -4.42. The van der Waals surface area contributed by atoms with Crippen LogP contribution in [0.3, 0.4) is 0 Å². The first kappa shape index (κ1) is 11.9. The number of halogens is 4. The van der Waals surface area contributed by atoms with Gasteiger partial charge in [-0.05, 0) is 6.07 Å². The first-order valence-electron chi connectivity index (χ1n) is 4.62. The molecule has 0 aliphatic heterocycles. The molecule has 0 radical (unpaired) electrons. The molecule has 2 rings (SSSR count). The summed E-state index contributed by atoms with van der Waals surface area (Å²) in [4.78, 5) is 7.54. The van der Waals surface area contributed by atoms with Crippen molar-refractivity contribution in [3.63, 3.8) is 0 Å². The molecule has 6 heteroatoms. The second kappa shape index (κ2) is 4.33. The molecule has 17 heavy (non-hydrogen) atoms. The van der Waals surface area contributed by atoms with Crippen molar-refractivity contribution in [2.75, 3.05) is 0 Å². The minimum absolute atomic E-state index is 0.0100. The highest BCUT2D eigenvalue weighted by Gasteiger charge is 2.33. The van der Waals surface area contributed by atoms with Crippen molar-refractivity contribution in [3.05, 3.63) is 47.4 Å². The summed E-state index contributed by atoms with van der Waals surface area (Å²) in [6, 6.07) is 5.20. The molecule has 0 atom stereocenters. The molecule has 0 aliphatic carbocycles. The summed E-state index contributed by atoms with van der Waals surface area (Å²) in [7, 11) is 0. The van der Waals surface area contributed by atoms with E-state index in [9.17, 15) is 13.2 Å². The lowest BCUT2D eigenvalue weighted by atomic mass is 10.0. The van der Waals surface area contributed by atoms with E-state index in [2.05, 4.69) is 9.97 Å². The number of hydrogen-bond acceptors (Lipinski definition) is 2. The zero-order chi connectivity index (χ0) is 12.5. The van der Waals surface area contributed by atoms with Gasteiger partial charge in [0.2, 0.25) is 0 Å². The van der Waals surface area contributed by atoms with Gasteiger partial charge >= 0.3 is 6.18 Å². The summed E-state index contributed by atoms with van der Waals surface area (Å²) in [6.45, 7) is 0. The summed E-state index contributed by atoms with van der Waals surface area (Å²) in [6.07, 6.45) is -1.99. The average molecular weight is 259 g/mol. The van der Waals surface area contributed by atoms with Gasteiger partial charge in [0.15, 0.2) is 0 Å². The molecule has 0 aliphatic rings. The van der Waals surface area contributed by atoms with Crippen LogP contribution in [0.5, 0.6) is 0 Å². The third-order valence-electron chi connectivity index (χ3n) is 2.13. The summed E-state index contributed by atoms with van der Waals surface area (Å²) < 4.78 is 38.2. The largest absolute Gasteiger partial charge is 0.417 e. The van der Waals surface area contributed by atoms with Crippen LogP contribution in [0.25, 0.3) is 11.3 Å². The average Bonchev–Trinajstić information content (AvgIpc) is 2.29. The number of benzene rings is 1. The lowest BCUT2D eigenvalue weighted by Crippen LogP contribution is -2.07. The monoisotopic (exact) mass is 258 g/mol. The number of hydrogen-bond donors (Lipinski definition) is 0. The first-order valence-corrected chi connectivity index (χ1v) is 5.00. The van der Waals surface area contributed by atoms with Crippen LogP contribution in [0.4, 0.5) is 13.2 Å². The van der Waals surface area contributed by atoms with Gasteiger partial charge in [-0.1, -0.05) is 29.8 Å². The summed E-state index contributed by atoms with van der Waals surface area (Å²) in [5.41, 5.74) is -0.608. The van der Waals surface area contributed by atoms with E-state index in [4.69, 9.17) is 11.6 Å². The Morgan fingerprint density at radius 2 is 1.71 bits per heavy atom. The highest BCUT2D eigenvalue weighted by atomic mass is 35.5. The Bertz CT molecular complexity index is 523. The molecule has 0 N–H and O–H groups in total. The van der Waals surface area contributed by atoms with Gasteiger partial charge in [-0.25, -0.2) is 4.98 Å². The Kier molecular flexibility index (Phi) is 3.02. The highest BCUT2D eigenvalue weighted by molar-refractivity contribution is 6.29. The molecule has 0 amide bonds. The molecular formula is C11H6ClF3N2. The van der Waals surface area contributed by atoms with E-state index in [0.717, 1.165) is 6.07 Å². The van der Waals surface area contributed by atoms with Crippen molar-refractivity contribution < 1.29 is 13.2 Å². The van der Waals surface area contributed by atoms with Crippen molar-refractivity contribution in [1.29, 1.82) is 0 Å². The molecule has 1 heterocycles. The molecule has 0 spiro atoms. The Morgan fingerprint density at radius 3 is 2.29 bits per heavy atom. The van der Waals surface area contributed by atoms with Crippen LogP contribution in [0, 0.1) is 0 Å². The SMILES string of the molecule is FC(F)(F)c1ccccc1-c1cnc(Cl)cn1. The predicted molar refractivity (Wildman–Crippen MR) is 57.5 cm³/mol. The van der Waals surface area contributed by atoms with Crippen molar-refractivity contribution in [2.24, 2.45) is 0 Å². The number of alkyl halides is 3. The molecular weight excluding hydrogens is 253 g/mol. The molecule has 1 aromatic carbocycles. The van der Waals surface area contributed by atoms with Crippen LogP contribution in [0.2, 0.25) is 5.15 Å². The van der Waals surface area contributed by atoms with Crippen LogP contribution < -0.4 is 0 Å². The van der Waals surface area contributed by atoms with E-state index < -0.39 is 11.7 Å². The van der Waals surface area contributed by atoms with Crippen molar-refractivity contribution >= 4 is 11.6 Å². The maximum absolute atomic E-state index is 12.7. The maximum atomic E-state index is 12.7. The van der Waals surface area contributed by atoms with Crippen molar-refractivity contribution in [3.8, 4) is 11.3 Å². The van der Waals surface area contributed by atoms with E-state index >= 15 is 0 Å². The van der Waals surface area contributed by atoms with Gasteiger partial charge in [-0.15, -0.1) is 0 Å². The van der Waals surface area contributed by atoms with E-state index in [1.165, 1.54) is 30.6 Å². The molecule has 2 aromatic rings. The lowest BCUT2D eigenvalue weighted by molar-refractivity contribution is -0.137. The quantitative estimate of drug-likeness (QED) is 0.777. The zero-order valence-electron chi connectivity index (χ0n) is 8.37. The molecule has 1 aromatic heterocycles. The normalized spacial score (nSPS) is 11.5. The van der Waals surface area contributed by atoms with Crippen LogP contribution in [0.1, 0.15) is 5.56 Å². The topological polar surface area (TPSA) is 25.8 Å². The molecule has 0 bridgehead atoms. The Balaban J connectivity index is 2.56. The highest BCUT2D eigenvalue weighted by Crippen LogP contribution is 2.35. The Morgan fingerprint density at radius 1 is 1.00 bits per heavy atom. The summed E-state index contributed by atoms with van der Waals surface area (Å²) in [5.74, 6) is 0. The van der Waals surface area contributed by atoms with Crippen molar-refractivity contribution in [1.82, 2.24) is 9.97 Å². The lowest BCUT2D eigenvalue weighted by Gasteiger charge is -2.11. The number of rotatable bonds is 1. The smallest absolute Gasteiger partial charge is 0.251 e. The third kappa shape index (κ3) is 2.55. The van der Waals surface area contributed by atoms with E-state index in [1.807, 2.05) is 0 Å². The maximum Gasteiger partial charge on any atom is 0.417 e. The van der Waals surface area contributed by atoms with Gasteiger partial charge in [0.05, 0.1) is 23.7 Å². The van der Waals surface area contributed by atoms with E-state index in [1.54, 1.807) is 0 Å². The van der Waals surface area contributed by atoms with Gasteiger partial charge in [0.1, 0.15) is 5.15 Å². The molecule has 0 saturated heterocycles. The van der Waals surface area contributed by atoms with Gasteiger partial charge in [0.25, 0.3) is 0 Å². The fourth-order valence-electron chi connectivity index (χ4n) is 1.41. The second-order valence-electron chi connectivity index (χ2n) is 3.27. The zero-order valence-corrected chi connectivity index (χ0v) is 9.13. The molecule has 0 unspecified atom stereocenters. The predicted octanol–water partition coefficient (Wildman–Crippen LogP) is 3.82. The second-order valence-corrected chi connectivity index (χ2v) is 3.65. The van der Waals surface area contributed by atoms with Gasteiger partial charge < -0.3 is 0 Å². The van der Waals surface area contributed by atoms with Gasteiger partial charge in [0, 0.05) is 5.56 Å². The van der Waals surface area contributed by atoms with Crippen LogP contribution in [-0.2, 0) is 6.18 Å². The fourth-order valence-corrected chi connectivity index (χ4v) is 1.50. The number of aromatic nitrogens is 2. The first-order chi connectivity index (χ1) is 7.98.